The van der Waals surface area contributed by atoms with Crippen LogP contribution in [-0.2, 0) is 10.3 Å². The average molecular weight is 498 g/mol. The molecule has 3 aromatic rings. The molecule has 1 fully saturated rings. The van der Waals surface area contributed by atoms with E-state index in [0.29, 0.717) is 23.7 Å². The van der Waals surface area contributed by atoms with Crippen LogP contribution in [0.4, 0.5) is 5.69 Å². The molecule has 2 heterocycles. The van der Waals surface area contributed by atoms with Gasteiger partial charge in [-0.3, -0.25) is 0 Å². The maximum Gasteiger partial charge on any atom is 0.265 e. The van der Waals surface area contributed by atoms with Crippen molar-refractivity contribution in [1.29, 1.82) is 5.26 Å². The average Bonchev–Trinajstić information content (AvgIpc) is 2.98. The summed E-state index contributed by atoms with van der Waals surface area (Å²) in [6.45, 7) is 11.6. The van der Waals surface area contributed by atoms with E-state index in [1.54, 1.807) is 0 Å². The van der Waals surface area contributed by atoms with Gasteiger partial charge in [0.25, 0.3) is 5.70 Å². The summed E-state index contributed by atoms with van der Waals surface area (Å²) in [6.07, 6.45) is 8.58. The summed E-state index contributed by atoms with van der Waals surface area (Å²) in [4.78, 5) is 5.93. The van der Waals surface area contributed by atoms with Crippen LogP contribution in [0, 0.1) is 17.9 Å². The quantitative estimate of drug-likeness (QED) is 0.265. The van der Waals surface area contributed by atoms with Gasteiger partial charge in [-0.15, -0.1) is 0 Å². The van der Waals surface area contributed by atoms with Gasteiger partial charge in [0.05, 0.1) is 12.6 Å². The molecule has 5 rings (SSSR count). The maximum atomic E-state index is 9.51. The molecule has 0 bridgehead atoms. The Morgan fingerprint density at radius 2 is 1.63 bits per heavy atom. The van der Waals surface area contributed by atoms with Gasteiger partial charge in [0, 0.05) is 25.2 Å². The summed E-state index contributed by atoms with van der Waals surface area (Å²) in [5.41, 5.74) is 4.94. The van der Waals surface area contributed by atoms with E-state index in [0.717, 1.165) is 24.2 Å². The lowest BCUT2D eigenvalue weighted by Gasteiger charge is -2.36. The third kappa shape index (κ3) is 5.56. The fourth-order valence-electron chi connectivity index (χ4n) is 5.44. The van der Waals surface area contributed by atoms with E-state index < -0.39 is 5.60 Å². The third-order valence-electron chi connectivity index (χ3n) is 7.56. The van der Waals surface area contributed by atoms with Crippen molar-refractivity contribution in [2.75, 3.05) is 18.0 Å². The molecular formula is C34H31N3O. The zero-order valence-electron chi connectivity index (χ0n) is 21.7. The van der Waals surface area contributed by atoms with Crippen LogP contribution in [0.1, 0.15) is 48.8 Å². The molecule has 0 aromatic heterocycles. The molecular weight excluding hydrogens is 466 g/mol. The number of nitrogens with zero attached hydrogens (tertiary/aromatic N) is 3. The highest BCUT2D eigenvalue weighted by Crippen LogP contribution is 2.40. The topological polar surface area (TPSA) is 40.6 Å². The van der Waals surface area contributed by atoms with E-state index in [4.69, 9.17) is 11.3 Å². The Balaban J connectivity index is 1.30. The van der Waals surface area contributed by atoms with Crippen molar-refractivity contribution in [1.82, 2.24) is 0 Å². The molecule has 2 aliphatic heterocycles. The largest absolute Gasteiger partial charge is 0.483 e. The fourth-order valence-corrected chi connectivity index (χ4v) is 5.44. The predicted molar refractivity (Wildman–Crippen MR) is 153 cm³/mol. The molecule has 0 saturated carbocycles. The zero-order chi connectivity index (χ0) is 26.4. The lowest BCUT2D eigenvalue weighted by Crippen LogP contribution is -2.32. The van der Waals surface area contributed by atoms with Gasteiger partial charge in [0.1, 0.15) is 11.4 Å². The highest BCUT2D eigenvalue weighted by Gasteiger charge is 2.34. The van der Waals surface area contributed by atoms with Gasteiger partial charge in [-0.05, 0) is 72.2 Å². The monoisotopic (exact) mass is 497 g/mol. The van der Waals surface area contributed by atoms with E-state index in [1.807, 2.05) is 55.5 Å². The molecule has 3 aromatic carbocycles. The number of rotatable bonds is 5. The van der Waals surface area contributed by atoms with Gasteiger partial charge < -0.3 is 9.64 Å². The Bertz CT molecular complexity index is 1420. The van der Waals surface area contributed by atoms with Crippen LogP contribution in [0.5, 0.6) is 0 Å². The second kappa shape index (κ2) is 11.2. The summed E-state index contributed by atoms with van der Waals surface area (Å²) in [6, 6.07) is 31.5. The second-order valence-electron chi connectivity index (χ2n) is 10.1. The third-order valence-corrected chi connectivity index (χ3v) is 7.56. The number of piperidine rings is 1. The van der Waals surface area contributed by atoms with Crippen molar-refractivity contribution in [3.05, 3.63) is 142 Å². The highest BCUT2D eigenvalue weighted by atomic mass is 16.5. The lowest BCUT2D eigenvalue weighted by atomic mass is 9.85. The van der Waals surface area contributed by atoms with Gasteiger partial charge in [0.15, 0.2) is 0 Å². The SMILES string of the molecule is [C-]#[N+]/C(C#N)=C1C=C(/C=C/c2ccc(N3CCC(c4ccccc4)CC3)cc2)OC(C)(c2ccccc2)C\1. The minimum Gasteiger partial charge on any atom is -0.483 e. The van der Waals surface area contributed by atoms with E-state index in [2.05, 4.69) is 70.4 Å². The number of hydrogen-bond donors (Lipinski definition) is 0. The lowest BCUT2D eigenvalue weighted by molar-refractivity contribution is 0.0143. The van der Waals surface area contributed by atoms with Crippen molar-refractivity contribution < 1.29 is 4.74 Å². The normalized spacial score (nSPS) is 21.2. The highest BCUT2D eigenvalue weighted by molar-refractivity contribution is 5.58. The number of allylic oxidation sites excluding steroid dienone is 3. The van der Waals surface area contributed by atoms with Crippen LogP contribution in [0.3, 0.4) is 0 Å². The van der Waals surface area contributed by atoms with Crippen molar-refractivity contribution in [2.45, 2.75) is 37.7 Å². The Morgan fingerprint density at radius 1 is 0.974 bits per heavy atom. The van der Waals surface area contributed by atoms with Gasteiger partial charge in [0.2, 0.25) is 0 Å². The standard InChI is InChI=1S/C34H31N3O/c1-34(30-11-7-4-8-12-30)24-29(33(25-35)36-2)23-32(38-34)18-15-26-13-16-31(17-14-26)37-21-19-28(20-22-37)27-9-5-3-6-10-27/h3-18,23,28H,19-22,24H2,1H3/b18-15+,33-29+. The Kier molecular flexibility index (Phi) is 7.43. The molecule has 1 unspecified atom stereocenters. The minimum atomic E-state index is -0.659. The van der Waals surface area contributed by atoms with Crippen molar-refractivity contribution in [3.63, 3.8) is 0 Å². The van der Waals surface area contributed by atoms with Gasteiger partial charge in [-0.1, -0.05) is 78.9 Å². The number of benzene rings is 3. The van der Waals surface area contributed by atoms with Crippen LogP contribution in [-0.4, -0.2) is 13.1 Å². The summed E-state index contributed by atoms with van der Waals surface area (Å²) in [5.74, 6) is 1.28. The molecule has 38 heavy (non-hydrogen) atoms. The first-order valence-electron chi connectivity index (χ1n) is 13.1. The van der Waals surface area contributed by atoms with Gasteiger partial charge in [-0.25, -0.2) is 10.1 Å². The number of nitriles is 1. The zero-order valence-corrected chi connectivity index (χ0v) is 21.7. The summed E-state index contributed by atoms with van der Waals surface area (Å²) >= 11 is 0. The van der Waals surface area contributed by atoms with Crippen molar-refractivity contribution in [2.24, 2.45) is 0 Å². The number of anilines is 1. The molecule has 0 N–H and O–H groups in total. The summed E-state index contributed by atoms with van der Waals surface area (Å²) < 4.78 is 6.44. The number of ether oxygens (including phenoxy) is 1. The second-order valence-corrected chi connectivity index (χ2v) is 10.1. The van der Waals surface area contributed by atoms with Gasteiger partial charge in [-0.2, -0.15) is 0 Å². The smallest absolute Gasteiger partial charge is 0.265 e. The Morgan fingerprint density at radius 3 is 2.26 bits per heavy atom. The van der Waals surface area contributed by atoms with Crippen LogP contribution in [0.15, 0.2) is 114 Å². The molecule has 1 saturated heterocycles. The van der Waals surface area contributed by atoms with E-state index in [9.17, 15) is 5.26 Å². The summed E-state index contributed by atoms with van der Waals surface area (Å²) in [5, 5.41) is 9.51. The molecule has 0 aliphatic carbocycles. The minimum absolute atomic E-state index is 0.113. The maximum absolute atomic E-state index is 9.51. The van der Waals surface area contributed by atoms with Crippen molar-refractivity contribution >= 4 is 11.8 Å². The van der Waals surface area contributed by atoms with Gasteiger partial charge >= 0.3 is 0 Å². The van der Waals surface area contributed by atoms with Crippen LogP contribution < -0.4 is 4.90 Å². The Labute approximate surface area is 225 Å². The fraction of sp³-hybridized carbons (Fsp3) is 0.235. The van der Waals surface area contributed by atoms with Crippen LogP contribution >= 0.6 is 0 Å². The van der Waals surface area contributed by atoms with E-state index in [-0.39, 0.29) is 5.70 Å². The molecule has 0 amide bonds. The van der Waals surface area contributed by atoms with Crippen molar-refractivity contribution in [3.8, 4) is 6.07 Å². The molecule has 2 aliphatic rings. The molecule has 4 heteroatoms. The molecule has 0 radical (unpaired) electrons. The van der Waals surface area contributed by atoms with E-state index >= 15 is 0 Å². The first kappa shape index (κ1) is 25.1. The summed E-state index contributed by atoms with van der Waals surface area (Å²) in [7, 11) is 0. The number of hydrogen-bond acceptors (Lipinski definition) is 3. The predicted octanol–water partition coefficient (Wildman–Crippen LogP) is 8.00. The Hall–Kier alpha value is -4.54. The molecule has 4 nitrogen and oxygen atoms in total. The van der Waals surface area contributed by atoms with E-state index in [1.165, 1.54) is 24.1 Å². The first-order valence-corrected chi connectivity index (χ1v) is 13.1. The first-order chi connectivity index (χ1) is 18.6. The molecule has 1 atom stereocenters. The molecule has 188 valence electrons. The molecule has 0 spiro atoms. The van der Waals surface area contributed by atoms with Crippen LogP contribution in [0.2, 0.25) is 0 Å². The van der Waals surface area contributed by atoms with Crippen LogP contribution in [0.25, 0.3) is 10.9 Å².